The van der Waals surface area contributed by atoms with Crippen molar-refractivity contribution in [1.29, 1.82) is 0 Å². The Morgan fingerprint density at radius 1 is 0.955 bits per heavy atom. The number of hydrogen-bond donors (Lipinski definition) is 1. The van der Waals surface area contributed by atoms with E-state index in [9.17, 15) is 4.79 Å². The van der Waals surface area contributed by atoms with Crippen molar-refractivity contribution >= 4 is 32.6 Å². The van der Waals surface area contributed by atoms with E-state index in [1.54, 1.807) is 0 Å². The molecular formula is C18H18N2OS. The van der Waals surface area contributed by atoms with Gasteiger partial charge in [0, 0.05) is 5.56 Å². The lowest BCUT2D eigenvalue weighted by molar-refractivity contribution is 0.102. The fraction of sp³-hybridized carbons (Fsp3) is 0.222. The Hall–Kier alpha value is -2.20. The van der Waals surface area contributed by atoms with Gasteiger partial charge < -0.3 is 0 Å². The molecule has 112 valence electrons. The summed E-state index contributed by atoms with van der Waals surface area (Å²) >= 11 is 1.51. The summed E-state index contributed by atoms with van der Waals surface area (Å²) in [6.45, 7) is 8.10. The molecule has 0 saturated heterocycles. The van der Waals surface area contributed by atoms with Gasteiger partial charge >= 0.3 is 0 Å². The summed E-state index contributed by atoms with van der Waals surface area (Å²) in [5.41, 5.74) is 6.15. The second-order valence-electron chi connectivity index (χ2n) is 5.78. The number of carbonyl (C=O) groups is 1. The smallest absolute Gasteiger partial charge is 0.257 e. The van der Waals surface area contributed by atoms with E-state index >= 15 is 0 Å². The van der Waals surface area contributed by atoms with Crippen LogP contribution in [0.2, 0.25) is 0 Å². The quantitative estimate of drug-likeness (QED) is 0.740. The van der Waals surface area contributed by atoms with Gasteiger partial charge in [-0.25, -0.2) is 4.98 Å². The van der Waals surface area contributed by atoms with E-state index in [1.165, 1.54) is 16.9 Å². The standard InChI is InChI=1S/C18H18N2OS/c1-10-5-11(2)8-14(7-10)17(21)20-18-19-16-13(4)6-12(3)9-15(16)22-18/h5-9H,1-4H3,(H,19,20,21). The molecule has 0 unspecified atom stereocenters. The zero-order valence-corrected chi connectivity index (χ0v) is 14.0. The Labute approximate surface area is 134 Å². The Morgan fingerprint density at radius 2 is 1.59 bits per heavy atom. The third kappa shape index (κ3) is 2.88. The van der Waals surface area contributed by atoms with Crippen LogP contribution in [0.15, 0.2) is 30.3 Å². The first-order chi connectivity index (χ1) is 10.4. The second-order valence-corrected chi connectivity index (χ2v) is 6.81. The van der Waals surface area contributed by atoms with E-state index in [1.807, 2.05) is 32.9 Å². The molecule has 0 spiro atoms. The van der Waals surface area contributed by atoms with Gasteiger partial charge in [-0.2, -0.15) is 0 Å². The number of fused-ring (bicyclic) bond motifs is 1. The topological polar surface area (TPSA) is 42.0 Å². The molecule has 3 rings (SSSR count). The minimum atomic E-state index is -0.111. The normalized spacial score (nSPS) is 10.9. The molecule has 1 aromatic heterocycles. The highest BCUT2D eigenvalue weighted by Gasteiger charge is 2.12. The van der Waals surface area contributed by atoms with Crippen LogP contribution in [-0.4, -0.2) is 10.9 Å². The summed E-state index contributed by atoms with van der Waals surface area (Å²) in [4.78, 5) is 17.0. The Bertz CT molecular complexity index is 860. The van der Waals surface area contributed by atoms with Gasteiger partial charge in [0.25, 0.3) is 5.91 Å². The van der Waals surface area contributed by atoms with Gasteiger partial charge in [0.15, 0.2) is 5.13 Å². The van der Waals surface area contributed by atoms with Gasteiger partial charge in [0.05, 0.1) is 10.2 Å². The van der Waals surface area contributed by atoms with E-state index in [0.717, 1.165) is 26.9 Å². The summed E-state index contributed by atoms with van der Waals surface area (Å²) in [6, 6.07) is 10.1. The molecule has 1 heterocycles. The number of rotatable bonds is 2. The van der Waals surface area contributed by atoms with Gasteiger partial charge in [-0.3, -0.25) is 10.1 Å². The van der Waals surface area contributed by atoms with E-state index in [2.05, 4.69) is 35.4 Å². The molecule has 0 saturated carbocycles. The lowest BCUT2D eigenvalue weighted by atomic mass is 10.1. The van der Waals surface area contributed by atoms with Crippen LogP contribution in [0.4, 0.5) is 5.13 Å². The zero-order valence-electron chi connectivity index (χ0n) is 13.2. The van der Waals surface area contributed by atoms with Crippen LogP contribution in [0.1, 0.15) is 32.6 Å². The fourth-order valence-electron chi connectivity index (χ4n) is 2.70. The molecule has 1 N–H and O–H groups in total. The molecule has 0 radical (unpaired) electrons. The molecule has 1 amide bonds. The SMILES string of the molecule is Cc1cc(C)cc(C(=O)Nc2nc3c(C)cc(C)cc3s2)c1. The number of anilines is 1. The Morgan fingerprint density at radius 3 is 2.27 bits per heavy atom. The van der Waals surface area contributed by atoms with Crippen LogP contribution in [-0.2, 0) is 0 Å². The number of amides is 1. The van der Waals surface area contributed by atoms with E-state index < -0.39 is 0 Å². The molecule has 3 aromatic rings. The Balaban J connectivity index is 1.92. The number of nitrogens with zero attached hydrogens (tertiary/aromatic N) is 1. The highest BCUT2D eigenvalue weighted by atomic mass is 32.1. The first-order valence-corrected chi connectivity index (χ1v) is 8.01. The number of benzene rings is 2. The predicted octanol–water partition coefficient (Wildman–Crippen LogP) is 4.78. The maximum atomic E-state index is 12.4. The molecule has 0 bridgehead atoms. The van der Waals surface area contributed by atoms with Crippen molar-refractivity contribution in [2.45, 2.75) is 27.7 Å². The number of nitrogens with one attached hydrogen (secondary N) is 1. The number of thiazole rings is 1. The number of aryl methyl sites for hydroxylation is 4. The highest BCUT2D eigenvalue weighted by Crippen LogP contribution is 2.29. The zero-order chi connectivity index (χ0) is 15.9. The van der Waals surface area contributed by atoms with Crippen LogP contribution >= 0.6 is 11.3 Å². The second kappa shape index (κ2) is 5.54. The lowest BCUT2D eigenvalue weighted by Gasteiger charge is -2.04. The third-order valence-electron chi connectivity index (χ3n) is 3.53. The molecule has 2 aromatic carbocycles. The summed E-state index contributed by atoms with van der Waals surface area (Å²) < 4.78 is 1.10. The molecule has 22 heavy (non-hydrogen) atoms. The molecular weight excluding hydrogens is 292 g/mol. The van der Waals surface area contributed by atoms with E-state index in [-0.39, 0.29) is 5.91 Å². The average Bonchev–Trinajstić information content (AvgIpc) is 2.80. The van der Waals surface area contributed by atoms with Crippen LogP contribution in [0.5, 0.6) is 0 Å². The summed E-state index contributed by atoms with van der Waals surface area (Å²) in [5.74, 6) is -0.111. The number of hydrogen-bond acceptors (Lipinski definition) is 3. The molecule has 0 atom stereocenters. The molecule has 0 fully saturated rings. The molecule has 3 nitrogen and oxygen atoms in total. The fourth-order valence-corrected chi connectivity index (χ4v) is 3.74. The summed E-state index contributed by atoms with van der Waals surface area (Å²) in [7, 11) is 0. The van der Waals surface area contributed by atoms with Crippen molar-refractivity contribution in [3.05, 3.63) is 58.1 Å². The highest BCUT2D eigenvalue weighted by molar-refractivity contribution is 7.22. The van der Waals surface area contributed by atoms with E-state index in [4.69, 9.17) is 0 Å². The van der Waals surface area contributed by atoms with Gasteiger partial charge in [-0.05, 0) is 57.0 Å². The van der Waals surface area contributed by atoms with Crippen LogP contribution < -0.4 is 5.32 Å². The minimum Gasteiger partial charge on any atom is -0.298 e. The maximum absolute atomic E-state index is 12.4. The third-order valence-corrected chi connectivity index (χ3v) is 4.45. The lowest BCUT2D eigenvalue weighted by Crippen LogP contribution is -2.12. The van der Waals surface area contributed by atoms with Crippen molar-refractivity contribution in [3.8, 4) is 0 Å². The first-order valence-electron chi connectivity index (χ1n) is 7.20. The molecule has 0 aliphatic rings. The first kappa shape index (κ1) is 14.7. The van der Waals surface area contributed by atoms with Crippen molar-refractivity contribution < 1.29 is 4.79 Å². The summed E-state index contributed by atoms with van der Waals surface area (Å²) in [5, 5.41) is 3.56. The number of carbonyl (C=O) groups excluding carboxylic acids is 1. The van der Waals surface area contributed by atoms with Crippen molar-refractivity contribution in [2.24, 2.45) is 0 Å². The van der Waals surface area contributed by atoms with Crippen molar-refractivity contribution in [1.82, 2.24) is 4.98 Å². The van der Waals surface area contributed by atoms with Gasteiger partial charge in [-0.1, -0.05) is 34.6 Å². The van der Waals surface area contributed by atoms with Crippen molar-refractivity contribution in [3.63, 3.8) is 0 Å². The predicted molar refractivity (Wildman–Crippen MR) is 93.0 cm³/mol. The van der Waals surface area contributed by atoms with Gasteiger partial charge in [-0.15, -0.1) is 0 Å². The average molecular weight is 310 g/mol. The monoisotopic (exact) mass is 310 g/mol. The van der Waals surface area contributed by atoms with Crippen LogP contribution in [0.3, 0.4) is 0 Å². The Kier molecular flexibility index (Phi) is 3.71. The molecule has 4 heteroatoms. The number of aromatic nitrogens is 1. The van der Waals surface area contributed by atoms with Gasteiger partial charge in [0.1, 0.15) is 0 Å². The largest absolute Gasteiger partial charge is 0.298 e. The summed E-state index contributed by atoms with van der Waals surface area (Å²) in [6.07, 6.45) is 0. The van der Waals surface area contributed by atoms with Crippen molar-refractivity contribution in [2.75, 3.05) is 5.32 Å². The molecule has 0 aliphatic heterocycles. The molecule has 0 aliphatic carbocycles. The maximum Gasteiger partial charge on any atom is 0.257 e. The minimum absolute atomic E-state index is 0.111. The van der Waals surface area contributed by atoms with E-state index in [0.29, 0.717) is 10.7 Å². The van der Waals surface area contributed by atoms with Crippen LogP contribution in [0.25, 0.3) is 10.2 Å². The van der Waals surface area contributed by atoms with Gasteiger partial charge in [0.2, 0.25) is 0 Å². The van der Waals surface area contributed by atoms with Crippen LogP contribution in [0, 0.1) is 27.7 Å².